The summed E-state index contributed by atoms with van der Waals surface area (Å²) in [6.45, 7) is 4.46. The van der Waals surface area contributed by atoms with E-state index >= 15 is 0 Å². The summed E-state index contributed by atoms with van der Waals surface area (Å²) >= 11 is 8.79. The average molecular weight is 431 g/mol. The van der Waals surface area contributed by atoms with Gasteiger partial charge in [-0.1, -0.05) is 28.1 Å². The lowest BCUT2D eigenvalue weighted by atomic mass is 10.1. The summed E-state index contributed by atoms with van der Waals surface area (Å²) in [6.07, 6.45) is 3.55. The zero-order valence-corrected chi connectivity index (χ0v) is 16.9. The molecule has 0 amide bonds. The van der Waals surface area contributed by atoms with Crippen LogP contribution >= 0.6 is 28.1 Å². The van der Waals surface area contributed by atoms with Gasteiger partial charge in [0.1, 0.15) is 5.75 Å². The lowest BCUT2D eigenvalue weighted by molar-refractivity contribution is 0.221. The third-order valence-electron chi connectivity index (χ3n) is 3.92. The number of anilines is 2. The third kappa shape index (κ3) is 4.83. The Labute approximate surface area is 166 Å². The maximum absolute atomic E-state index is 5.69. The second-order valence-corrected chi connectivity index (χ2v) is 7.15. The lowest BCUT2D eigenvalue weighted by Gasteiger charge is -2.12. The number of aromatic nitrogens is 2. The smallest absolute Gasteiger partial charge is 0.180 e. The van der Waals surface area contributed by atoms with Crippen molar-refractivity contribution in [2.45, 2.75) is 20.6 Å². The Bertz CT molecular complexity index is 908. The molecule has 0 aliphatic rings. The Morgan fingerprint density at radius 1 is 1.15 bits per heavy atom. The van der Waals surface area contributed by atoms with E-state index in [1.807, 2.05) is 42.6 Å². The largest absolute Gasteiger partial charge is 0.471 e. The molecule has 0 aliphatic carbocycles. The van der Waals surface area contributed by atoms with E-state index in [1.54, 1.807) is 10.9 Å². The van der Waals surface area contributed by atoms with Crippen LogP contribution in [0.2, 0.25) is 0 Å². The van der Waals surface area contributed by atoms with Crippen molar-refractivity contribution in [1.82, 2.24) is 9.78 Å². The van der Waals surface area contributed by atoms with E-state index in [2.05, 4.69) is 51.6 Å². The molecule has 26 heavy (non-hydrogen) atoms. The zero-order valence-electron chi connectivity index (χ0n) is 14.5. The second-order valence-electron chi connectivity index (χ2n) is 5.82. The Morgan fingerprint density at radius 3 is 2.69 bits per heavy atom. The fourth-order valence-corrected chi connectivity index (χ4v) is 2.83. The van der Waals surface area contributed by atoms with Gasteiger partial charge in [-0.15, -0.1) is 0 Å². The van der Waals surface area contributed by atoms with Crippen molar-refractivity contribution >= 4 is 44.6 Å². The van der Waals surface area contributed by atoms with E-state index in [4.69, 9.17) is 17.0 Å². The fraction of sp³-hybridized carbons (Fsp3) is 0.158. The van der Waals surface area contributed by atoms with E-state index in [0.717, 1.165) is 21.6 Å². The first-order valence-electron chi connectivity index (χ1n) is 8.06. The molecule has 0 aliphatic heterocycles. The number of nitrogens with zero attached hydrogens (tertiary/aromatic N) is 2. The van der Waals surface area contributed by atoms with E-state index < -0.39 is 0 Å². The molecule has 0 fully saturated rings. The average Bonchev–Trinajstić information content (AvgIpc) is 3.06. The molecule has 7 heteroatoms. The van der Waals surface area contributed by atoms with Gasteiger partial charge in [-0.3, -0.25) is 0 Å². The first-order chi connectivity index (χ1) is 12.5. The number of hydrogen-bond acceptors (Lipinski definition) is 3. The van der Waals surface area contributed by atoms with Crippen LogP contribution in [0.3, 0.4) is 0 Å². The highest BCUT2D eigenvalue weighted by atomic mass is 79.9. The molecule has 0 radical (unpaired) electrons. The van der Waals surface area contributed by atoms with Crippen LogP contribution in [-0.4, -0.2) is 14.9 Å². The Morgan fingerprint density at radius 2 is 1.92 bits per heavy atom. The summed E-state index contributed by atoms with van der Waals surface area (Å²) in [6, 6.07) is 13.8. The topological polar surface area (TPSA) is 51.1 Å². The van der Waals surface area contributed by atoms with Crippen LogP contribution in [0, 0.1) is 13.8 Å². The van der Waals surface area contributed by atoms with Crippen LogP contribution in [0.15, 0.2) is 59.3 Å². The molecule has 1 heterocycles. The summed E-state index contributed by atoms with van der Waals surface area (Å²) in [5, 5.41) is 11.2. The van der Waals surface area contributed by atoms with Crippen molar-refractivity contribution in [1.29, 1.82) is 0 Å². The molecule has 2 N–H and O–H groups in total. The quantitative estimate of drug-likeness (QED) is 0.550. The van der Waals surface area contributed by atoms with E-state index in [1.165, 1.54) is 11.1 Å². The molecule has 0 unspecified atom stereocenters. The van der Waals surface area contributed by atoms with Crippen molar-refractivity contribution in [2.75, 3.05) is 10.6 Å². The Balaban J connectivity index is 1.55. The van der Waals surface area contributed by atoms with Crippen LogP contribution in [0.5, 0.6) is 5.75 Å². The second kappa shape index (κ2) is 8.33. The maximum atomic E-state index is 5.69. The molecule has 1 aromatic heterocycles. The van der Waals surface area contributed by atoms with Crippen molar-refractivity contribution < 1.29 is 4.74 Å². The summed E-state index contributed by atoms with van der Waals surface area (Å²) < 4.78 is 8.41. The van der Waals surface area contributed by atoms with Crippen LogP contribution in [0.4, 0.5) is 11.4 Å². The normalized spacial score (nSPS) is 10.4. The summed E-state index contributed by atoms with van der Waals surface area (Å²) in [5.41, 5.74) is 4.19. The van der Waals surface area contributed by atoms with Gasteiger partial charge in [-0.2, -0.15) is 5.10 Å². The fourth-order valence-electron chi connectivity index (χ4n) is 2.34. The predicted molar refractivity (Wildman–Crippen MR) is 113 cm³/mol. The minimum Gasteiger partial charge on any atom is -0.471 e. The third-order valence-corrected chi connectivity index (χ3v) is 4.65. The van der Waals surface area contributed by atoms with Crippen LogP contribution in [0.1, 0.15) is 11.1 Å². The molecule has 0 saturated carbocycles. The van der Waals surface area contributed by atoms with Crippen LogP contribution < -0.4 is 15.4 Å². The van der Waals surface area contributed by atoms with Crippen molar-refractivity contribution in [2.24, 2.45) is 0 Å². The first kappa shape index (κ1) is 18.4. The number of benzene rings is 2. The van der Waals surface area contributed by atoms with Gasteiger partial charge in [0.2, 0.25) is 0 Å². The van der Waals surface area contributed by atoms with E-state index in [9.17, 15) is 0 Å². The van der Waals surface area contributed by atoms with Crippen LogP contribution in [0.25, 0.3) is 0 Å². The molecule has 3 aromatic rings. The van der Waals surface area contributed by atoms with E-state index in [0.29, 0.717) is 11.8 Å². The van der Waals surface area contributed by atoms with Crippen molar-refractivity contribution in [3.05, 3.63) is 70.5 Å². The molecule has 0 spiro atoms. The molecular formula is C19H19BrN4OS. The monoisotopic (exact) mass is 430 g/mol. The highest BCUT2D eigenvalue weighted by Gasteiger charge is 2.05. The molecule has 0 bridgehead atoms. The standard InChI is InChI=1S/C19H19BrN4OS/c1-13-4-3-5-18(14(13)2)23-19(26)22-16-10-21-24(11-16)12-25-17-8-6-15(20)7-9-17/h3-11H,12H2,1-2H3,(H2,22,23,26). The summed E-state index contributed by atoms with van der Waals surface area (Å²) in [7, 11) is 0. The molecular weight excluding hydrogens is 412 g/mol. The molecule has 3 rings (SSSR count). The Kier molecular flexibility index (Phi) is 5.90. The van der Waals surface area contributed by atoms with Gasteiger partial charge in [-0.05, 0) is 67.5 Å². The van der Waals surface area contributed by atoms with Gasteiger partial charge < -0.3 is 15.4 Å². The predicted octanol–water partition coefficient (Wildman–Crippen LogP) is 5.11. The zero-order chi connectivity index (χ0) is 18.5. The Hall–Kier alpha value is -2.38. The minimum atomic E-state index is 0.320. The van der Waals surface area contributed by atoms with Crippen molar-refractivity contribution in [3.63, 3.8) is 0 Å². The first-order valence-corrected chi connectivity index (χ1v) is 9.26. The minimum absolute atomic E-state index is 0.320. The molecule has 5 nitrogen and oxygen atoms in total. The number of thiocarbonyl (C=S) groups is 1. The van der Waals surface area contributed by atoms with Gasteiger partial charge in [0, 0.05) is 10.2 Å². The van der Waals surface area contributed by atoms with E-state index in [-0.39, 0.29) is 0 Å². The number of hydrogen-bond donors (Lipinski definition) is 2. The molecule has 2 aromatic carbocycles. The summed E-state index contributed by atoms with van der Waals surface area (Å²) in [5.74, 6) is 0.783. The lowest BCUT2D eigenvalue weighted by Crippen LogP contribution is -2.19. The number of ether oxygens (including phenoxy) is 1. The number of halogens is 1. The van der Waals surface area contributed by atoms with Gasteiger partial charge in [0.25, 0.3) is 0 Å². The number of nitrogens with one attached hydrogen (secondary N) is 2. The molecule has 134 valence electrons. The van der Waals surface area contributed by atoms with Gasteiger partial charge in [-0.25, -0.2) is 4.68 Å². The van der Waals surface area contributed by atoms with Crippen molar-refractivity contribution in [3.8, 4) is 5.75 Å². The highest BCUT2D eigenvalue weighted by molar-refractivity contribution is 9.10. The van der Waals surface area contributed by atoms with Crippen LogP contribution in [-0.2, 0) is 6.73 Å². The van der Waals surface area contributed by atoms with Gasteiger partial charge >= 0.3 is 0 Å². The number of rotatable bonds is 5. The molecule has 0 saturated heterocycles. The van der Waals surface area contributed by atoms with Gasteiger partial charge in [0.05, 0.1) is 18.1 Å². The highest BCUT2D eigenvalue weighted by Crippen LogP contribution is 2.19. The summed E-state index contributed by atoms with van der Waals surface area (Å²) in [4.78, 5) is 0. The number of aryl methyl sites for hydroxylation is 1. The molecule has 0 atom stereocenters. The maximum Gasteiger partial charge on any atom is 0.180 e. The van der Waals surface area contributed by atoms with Gasteiger partial charge in [0.15, 0.2) is 11.8 Å². The SMILES string of the molecule is Cc1cccc(NC(=S)Nc2cnn(COc3ccc(Br)cc3)c2)c1C.